The zero-order chi connectivity index (χ0) is 32.6. The molecule has 0 aliphatic heterocycles. The number of fused-ring (bicyclic) bond motifs is 2. The molecule has 1 amide bonds. The van der Waals surface area contributed by atoms with E-state index in [1.807, 2.05) is 0 Å². The average molecular weight is 624 g/mol. The van der Waals surface area contributed by atoms with E-state index in [4.69, 9.17) is 5.73 Å². The lowest BCUT2D eigenvalue weighted by Crippen LogP contribution is -2.43. The molecule has 12 heteroatoms. The van der Waals surface area contributed by atoms with Crippen LogP contribution in [-0.2, 0) is 30.9 Å². The molecule has 0 spiro atoms. The zero-order valence-electron chi connectivity index (χ0n) is 23.7. The van der Waals surface area contributed by atoms with Gasteiger partial charge in [0, 0.05) is 18.9 Å². The Morgan fingerprint density at radius 1 is 0.933 bits per heavy atom. The summed E-state index contributed by atoms with van der Waals surface area (Å²) in [4.78, 5) is 38.4. The van der Waals surface area contributed by atoms with Gasteiger partial charge in [0.1, 0.15) is 23.2 Å². The van der Waals surface area contributed by atoms with Crippen LogP contribution in [0.1, 0.15) is 27.0 Å². The summed E-state index contributed by atoms with van der Waals surface area (Å²) in [6, 6.07) is 14.4. The number of rotatable bonds is 8. The van der Waals surface area contributed by atoms with Crippen molar-refractivity contribution in [2.75, 3.05) is 6.54 Å². The Hall–Kier alpha value is -5.10. The lowest BCUT2D eigenvalue weighted by atomic mass is 9.90. The maximum Gasteiger partial charge on any atom is 0.417 e. The Balaban J connectivity index is 1.67. The van der Waals surface area contributed by atoms with Crippen LogP contribution in [0.4, 0.5) is 22.0 Å². The maximum absolute atomic E-state index is 14.8. The number of carbonyl (C=O) groups excluding carboxylic acids is 1. The molecule has 0 saturated heterocycles. The van der Waals surface area contributed by atoms with Gasteiger partial charge in [-0.2, -0.15) is 13.2 Å². The molecular weight excluding hydrogens is 597 g/mol. The monoisotopic (exact) mass is 623 g/mol. The third-order valence-electron chi connectivity index (χ3n) is 7.68. The van der Waals surface area contributed by atoms with Crippen molar-refractivity contribution in [3.05, 3.63) is 117 Å². The molecule has 1 heterocycles. The van der Waals surface area contributed by atoms with Crippen LogP contribution in [0.5, 0.6) is 0 Å². The Bertz CT molecular complexity index is 2020. The molecule has 7 nitrogen and oxygen atoms in total. The maximum atomic E-state index is 14.8. The van der Waals surface area contributed by atoms with E-state index >= 15 is 0 Å². The fourth-order valence-electron chi connectivity index (χ4n) is 5.60. The minimum Gasteiger partial charge on any atom is -0.480 e. The summed E-state index contributed by atoms with van der Waals surface area (Å²) < 4.78 is 73.9. The molecule has 0 aliphatic rings. The average Bonchev–Trinajstić information content (AvgIpc) is 2.98. The fourth-order valence-corrected chi connectivity index (χ4v) is 5.60. The van der Waals surface area contributed by atoms with Gasteiger partial charge in [-0.3, -0.25) is 9.59 Å². The first-order chi connectivity index (χ1) is 21.3. The summed E-state index contributed by atoms with van der Waals surface area (Å²) in [5.41, 5.74) is 3.02. The summed E-state index contributed by atoms with van der Waals surface area (Å²) >= 11 is 0. The van der Waals surface area contributed by atoms with Crippen LogP contribution in [-0.4, -0.2) is 34.1 Å². The van der Waals surface area contributed by atoms with Gasteiger partial charge < -0.3 is 20.7 Å². The first-order valence-electron chi connectivity index (χ1n) is 13.7. The zero-order valence-corrected chi connectivity index (χ0v) is 23.7. The van der Waals surface area contributed by atoms with E-state index in [0.29, 0.717) is 22.9 Å². The highest BCUT2D eigenvalue weighted by molar-refractivity contribution is 6.02. The number of aromatic nitrogens is 1. The quantitative estimate of drug-likeness (QED) is 0.195. The minimum atomic E-state index is -4.93. The van der Waals surface area contributed by atoms with Gasteiger partial charge in [-0.1, -0.05) is 48.5 Å². The van der Waals surface area contributed by atoms with Crippen molar-refractivity contribution in [2.45, 2.75) is 25.1 Å². The second-order valence-corrected chi connectivity index (χ2v) is 10.5. The Kier molecular flexibility index (Phi) is 8.44. The first-order valence-corrected chi connectivity index (χ1v) is 13.7. The molecule has 1 atom stereocenters. The summed E-state index contributed by atoms with van der Waals surface area (Å²) in [5, 5.41) is 12.3. The number of carboxylic acids is 1. The second kappa shape index (κ2) is 12.1. The minimum absolute atomic E-state index is 0.0299. The number of benzene rings is 4. The highest BCUT2D eigenvalue weighted by atomic mass is 19.4. The third-order valence-corrected chi connectivity index (χ3v) is 7.68. The number of nitrogens with two attached hydrogens (primary N) is 1. The fraction of sp³-hybridized carbons (Fsp3) is 0.182. The van der Waals surface area contributed by atoms with Crippen LogP contribution in [0.2, 0.25) is 0 Å². The van der Waals surface area contributed by atoms with E-state index in [1.54, 1.807) is 12.1 Å². The summed E-state index contributed by atoms with van der Waals surface area (Å²) in [6.07, 6.45) is -4.99. The summed E-state index contributed by atoms with van der Waals surface area (Å²) in [6.45, 7) is 0.213. The molecule has 0 unspecified atom stereocenters. The normalized spacial score (nSPS) is 12.4. The number of hydrogen-bond acceptors (Lipinski definition) is 4. The van der Waals surface area contributed by atoms with Crippen molar-refractivity contribution >= 4 is 33.6 Å². The van der Waals surface area contributed by atoms with Gasteiger partial charge in [0.15, 0.2) is 0 Å². The van der Waals surface area contributed by atoms with Crippen LogP contribution in [0.3, 0.4) is 0 Å². The van der Waals surface area contributed by atoms with Gasteiger partial charge >= 0.3 is 12.1 Å². The van der Waals surface area contributed by atoms with Crippen LogP contribution in [0.25, 0.3) is 32.8 Å². The number of nitrogens with zero attached hydrogens (tertiary/aromatic N) is 1. The molecule has 4 aromatic carbocycles. The molecule has 0 bridgehead atoms. The number of pyridine rings is 1. The number of aryl methyl sites for hydroxylation is 1. The van der Waals surface area contributed by atoms with Gasteiger partial charge in [0.05, 0.1) is 16.6 Å². The number of amides is 1. The number of nitrogens with one attached hydrogen (secondary N) is 1. The van der Waals surface area contributed by atoms with Gasteiger partial charge in [0.2, 0.25) is 0 Å². The predicted molar refractivity (Wildman–Crippen MR) is 159 cm³/mol. The van der Waals surface area contributed by atoms with E-state index in [9.17, 15) is 41.4 Å². The Morgan fingerprint density at radius 3 is 2.22 bits per heavy atom. The Labute approximate surface area is 252 Å². The van der Waals surface area contributed by atoms with Crippen LogP contribution >= 0.6 is 0 Å². The standard InChI is InChI=1S/C33H26F5N3O4/c1-41-26-12-11-17(13-14-39)15-22(26)29(33(36,37)38)27(31(41)43)21-8-3-6-19-18(5-2-7-20(19)21)16-25(32(44)45)40-30(42)28-23(34)9-4-10-24(28)35/h2-12,15,25H,13-14,16,39H2,1H3,(H,40,42)(H,44,45)/t25-/m0/s1. The van der Waals surface area contributed by atoms with Crippen molar-refractivity contribution in [1.82, 2.24) is 9.88 Å². The van der Waals surface area contributed by atoms with E-state index in [2.05, 4.69) is 5.32 Å². The van der Waals surface area contributed by atoms with Gasteiger partial charge in [-0.15, -0.1) is 0 Å². The molecule has 45 heavy (non-hydrogen) atoms. The molecule has 0 radical (unpaired) electrons. The van der Waals surface area contributed by atoms with Crippen LogP contribution < -0.4 is 16.6 Å². The number of hydrogen-bond donors (Lipinski definition) is 3. The predicted octanol–water partition coefficient (Wildman–Crippen LogP) is 5.58. The van der Waals surface area contributed by atoms with Crippen molar-refractivity contribution in [2.24, 2.45) is 12.8 Å². The number of halogens is 5. The van der Waals surface area contributed by atoms with Crippen LogP contribution in [0.15, 0.2) is 77.6 Å². The third kappa shape index (κ3) is 5.88. The highest BCUT2D eigenvalue weighted by Gasteiger charge is 2.38. The molecule has 0 saturated carbocycles. The Morgan fingerprint density at radius 2 is 1.58 bits per heavy atom. The SMILES string of the molecule is Cn1c(=O)c(-c2cccc3c(C[C@H](NC(=O)c4c(F)cccc4F)C(=O)O)cccc23)c(C(F)(F)F)c2cc(CCN)ccc21. The van der Waals surface area contributed by atoms with Gasteiger partial charge in [-0.25, -0.2) is 13.6 Å². The first kappa shape index (κ1) is 31.3. The molecule has 0 fully saturated rings. The van der Waals surface area contributed by atoms with Crippen molar-refractivity contribution in [3.63, 3.8) is 0 Å². The number of aliphatic carboxylic acids is 1. The van der Waals surface area contributed by atoms with Crippen molar-refractivity contribution in [1.29, 1.82) is 0 Å². The van der Waals surface area contributed by atoms with Crippen LogP contribution in [0, 0.1) is 11.6 Å². The topological polar surface area (TPSA) is 114 Å². The molecule has 0 aliphatic carbocycles. The smallest absolute Gasteiger partial charge is 0.417 e. The molecule has 232 valence electrons. The number of carboxylic acid groups (broad SMARTS) is 1. The number of alkyl halides is 3. The van der Waals surface area contributed by atoms with E-state index < -0.39 is 58.0 Å². The van der Waals surface area contributed by atoms with E-state index in [0.717, 1.165) is 22.8 Å². The summed E-state index contributed by atoms with van der Waals surface area (Å²) in [7, 11) is 1.38. The number of carbonyl (C=O) groups is 2. The van der Waals surface area contributed by atoms with E-state index in [1.165, 1.54) is 49.5 Å². The molecule has 4 N–H and O–H groups in total. The van der Waals surface area contributed by atoms with Gasteiger partial charge in [-0.05, 0) is 64.7 Å². The molecule has 5 aromatic rings. The lowest BCUT2D eigenvalue weighted by Gasteiger charge is -2.20. The van der Waals surface area contributed by atoms with Crippen molar-refractivity contribution < 1.29 is 36.6 Å². The molecular formula is C33H26F5N3O4. The van der Waals surface area contributed by atoms with Crippen molar-refractivity contribution in [3.8, 4) is 11.1 Å². The molecule has 1 aromatic heterocycles. The molecule has 5 rings (SSSR count). The highest BCUT2D eigenvalue weighted by Crippen LogP contribution is 2.42. The van der Waals surface area contributed by atoms with Gasteiger partial charge in [0.25, 0.3) is 11.5 Å². The summed E-state index contributed by atoms with van der Waals surface area (Å²) in [5.74, 6) is -5.16. The largest absolute Gasteiger partial charge is 0.480 e. The lowest BCUT2D eigenvalue weighted by molar-refractivity contribution is -0.139. The second-order valence-electron chi connectivity index (χ2n) is 10.5. The van der Waals surface area contributed by atoms with E-state index in [-0.39, 0.29) is 34.8 Å².